The lowest BCUT2D eigenvalue weighted by atomic mass is 9.92. The second-order valence-corrected chi connectivity index (χ2v) is 6.22. The van der Waals surface area contributed by atoms with Crippen molar-refractivity contribution in [2.45, 2.75) is 25.9 Å². The van der Waals surface area contributed by atoms with Gasteiger partial charge in [-0.1, -0.05) is 29.8 Å². The van der Waals surface area contributed by atoms with Gasteiger partial charge in [0.2, 0.25) is 11.8 Å². The molecule has 0 saturated carbocycles. The van der Waals surface area contributed by atoms with Gasteiger partial charge < -0.3 is 10.2 Å². The molecule has 0 spiro atoms. The Morgan fingerprint density at radius 2 is 2.08 bits per heavy atom. The second kappa shape index (κ2) is 6.77. The monoisotopic (exact) mass is 337 g/mol. The van der Waals surface area contributed by atoms with Crippen LogP contribution >= 0.6 is 0 Å². The van der Waals surface area contributed by atoms with Crippen molar-refractivity contribution in [2.24, 2.45) is 5.92 Å². The first-order valence-electron chi connectivity index (χ1n) is 8.03. The van der Waals surface area contributed by atoms with E-state index in [0.29, 0.717) is 5.82 Å². The van der Waals surface area contributed by atoms with Crippen molar-refractivity contribution in [1.82, 2.24) is 14.7 Å². The van der Waals surface area contributed by atoms with Crippen molar-refractivity contribution in [3.8, 4) is 6.07 Å². The molecule has 0 bridgehead atoms. The number of benzene rings is 1. The Balaban J connectivity index is 1.80. The highest BCUT2D eigenvalue weighted by Crippen LogP contribution is 2.37. The summed E-state index contributed by atoms with van der Waals surface area (Å²) < 4.78 is 1.44. The van der Waals surface area contributed by atoms with Gasteiger partial charge in [-0.15, -0.1) is 0 Å². The first-order chi connectivity index (χ1) is 12.0. The smallest absolute Gasteiger partial charge is 0.231 e. The van der Waals surface area contributed by atoms with Crippen molar-refractivity contribution in [2.75, 3.05) is 12.4 Å². The summed E-state index contributed by atoms with van der Waals surface area (Å²) in [5.74, 6) is -0.405. The molecular weight excluding hydrogens is 318 g/mol. The largest absolute Gasteiger partial charge is 0.338 e. The lowest BCUT2D eigenvalue weighted by Gasteiger charge is -2.24. The van der Waals surface area contributed by atoms with Crippen LogP contribution in [0.1, 0.15) is 23.6 Å². The number of nitriles is 1. The number of nitrogens with zero attached hydrogens (tertiary/aromatic N) is 4. The Morgan fingerprint density at radius 3 is 2.76 bits per heavy atom. The fraction of sp³-hybridized carbons (Fsp3) is 0.333. The predicted molar refractivity (Wildman–Crippen MR) is 91.3 cm³/mol. The van der Waals surface area contributed by atoms with Crippen LogP contribution in [-0.4, -0.2) is 33.5 Å². The summed E-state index contributed by atoms with van der Waals surface area (Å²) in [6.07, 6.45) is 1.79. The molecule has 2 amide bonds. The highest BCUT2D eigenvalue weighted by Gasteiger charge is 2.42. The van der Waals surface area contributed by atoms with Crippen molar-refractivity contribution in [3.63, 3.8) is 0 Å². The average Bonchev–Trinajstić information content (AvgIpc) is 3.14. The maximum Gasteiger partial charge on any atom is 0.231 e. The highest BCUT2D eigenvalue weighted by molar-refractivity contribution is 5.97. The normalized spacial score (nSPS) is 19.7. The zero-order valence-electron chi connectivity index (χ0n) is 14.1. The predicted octanol–water partition coefficient (Wildman–Crippen LogP) is 1.87. The van der Waals surface area contributed by atoms with Crippen molar-refractivity contribution < 1.29 is 9.59 Å². The molecule has 2 aromatic rings. The van der Waals surface area contributed by atoms with Crippen LogP contribution in [0.25, 0.3) is 0 Å². The third kappa shape index (κ3) is 3.38. The molecule has 7 heteroatoms. The lowest BCUT2D eigenvalue weighted by molar-refractivity contribution is -0.127. The van der Waals surface area contributed by atoms with E-state index >= 15 is 0 Å². The SMILES string of the molecule is Cc1ccc(C2C(C(=O)Nc3ccn(CC#N)n3)CC(=O)N2C)cc1. The van der Waals surface area contributed by atoms with Crippen LogP contribution in [0.15, 0.2) is 36.5 Å². The van der Waals surface area contributed by atoms with E-state index in [9.17, 15) is 9.59 Å². The van der Waals surface area contributed by atoms with Crippen LogP contribution in [0, 0.1) is 24.2 Å². The van der Waals surface area contributed by atoms with Gasteiger partial charge >= 0.3 is 0 Å². The van der Waals surface area contributed by atoms with Gasteiger partial charge in [-0.2, -0.15) is 10.4 Å². The van der Waals surface area contributed by atoms with E-state index in [4.69, 9.17) is 5.26 Å². The number of anilines is 1. The first-order valence-corrected chi connectivity index (χ1v) is 8.03. The number of hydrogen-bond acceptors (Lipinski definition) is 4. The van der Waals surface area contributed by atoms with Crippen LogP contribution < -0.4 is 5.32 Å². The number of hydrogen-bond donors (Lipinski definition) is 1. The summed E-state index contributed by atoms with van der Waals surface area (Å²) in [5, 5.41) is 15.6. The number of aromatic nitrogens is 2. The molecule has 1 N–H and O–H groups in total. The Morgan fingerprint density at radius 1 is 1.36 bits per heavy atom. The molecule has 25 heavy (non-hydrogen) atoms. The quantitative estimate of drug-likeness (QED) is 0.922. The van der Waals surface area contributed by atoms with Gasteiger partial charge in [-0.25, -0.2) is 0 Å². The van der Waals surface area contributed by atoms with Crippen LogP contribution in [0.4, 0.5) is 5.82 Å². The number of carbonyl (C=O) groups excluding carboxylic acids is 2. The number of carbonyl (C=O) groups is 2. The molecule has 128 valence electrons. The van der Waals surface area contributed by atoms with Crippen molar-refractivity contribution in [1.29, 1.82) is 5.26 Å². The molecular formula is C18H19N5O2. The molecule has 7 nitrogen and oxygen atoms in total. The molecule has 1 aromatic carbocycles. The van der Waals surface area contributed by atoms with Crippen molar-refractivity contribution in [3.05, 3.63) is 47.7 Å². The molecule has 2 heterocycles. The first kappa shape index (κ1) is 16.7. The summed E-state index contributed by atoms with van der Waals surface area (Å²) in [4.78, 5) is 26.5. The fourth-order valence-electron chi connectivity index (χ4n) is 3.13. The number of nitrogens with one attached hydrogen (secondary N) is 1. The molecule has 0 radical (unpaired) electrons. The van der Waals surface area contributed by atoms with E-state index in [2.05, 4.69) is 10.4 Å². The van der Waals surface area contributed by atoms with E-state index in [1.807, 2.05) is 37.3 Å². The maximum absolute atomic E-state index is 12.7. The molecule has 1 aromatic heterocycles. The van der Waals surface area contributed by atoms with Crippen LogP contribution in [-0.2, 0) is 16.1 Å². The van der Waals surface area contributed by atoms with Crippen LogP contribution in [0.2, 0.25) is 0 Å². The summed E-state index contributed by atoms with van der Waals surface area (Å²) in [6.45, 7) is 2.11. The number of aryl methyl sites for hydroxylation is 1. The summed E-state index contributed by atoms with van der Waals surface area (Å²) in [7, 11) is 1.72. The highest BCUT2D eigenvalue weighted by atomic mass is 16.2. The Kier molecular flexibility index (Phi) is 4.52. The van der Waals surface area contributed by atoms with Gasteiger partial charge in [-0.05, 0) is 12.5 Å². The minimum atomic E-state index is -0.485. The Hall–Kier alpha value is -3.14. The van der Waals surface area contributed by atoms with Crippen LogP contribution in [0.3, 0.4) is 0 Å². The average molecular weight is 337 g/mol. The van der Waals surface area contributed by atoms with E-state index in [-0.39, 0.29) is 30.8 Å². The molecule has 1 fully saturated rings. The minimum Gasteiger partial charge on any atom is -0.338 e. The molecule has 1 aliphatic rings. The summed E-state index contributed by atoms with van der Waals surface area (Å²) >= 11 is 0. The van der Waals surface area contributed by atoms with Gasteiger partial charge in [0, 0.05) is 25.7 Å². The van der Waals surface area contributed by atoms with E-state index in [1.54, 1.807) is 24.2 Å². The third-order valence-electron chi connectivity index (χ3n) is 4.47. The zero-order chi connectivity index (χ0) is 18.0. The van der Waals surface area contributed by atoms with Gasteiger partial charge in [0.25, 0.3) is 0 Å². The van der Waals surface area contributed by atoms with Gasteiger partial charge in [-0.3, -0.25) is 14.3 Å². The molecule has 1 aliphatic heterocycles. The van der Waals surface area contributed by atoms with Gasteiger partial charge in [0.05, 0.1) is 18.0 Å². The number of rotatable bonds is 4. The number of amides is 2. The zero-order valence-corrected chi connectivity index (χ0v) is 14.1. The summed E-state index contributed by atoms with van der Waals surface area (Å²) in [6, 6.07) is 11.2. The number of likely N-dealkylation sites (tertiary alicyclic amines) is 1. The summed E-state index contributed by atoms with van der Waals surface area (Å²) in [5.41, 5.74) is 2.06. The second-order valence-electron chi connectivity index (χ2n) is 6.22. The van der Waals surface area contributed by atoms with Gasteiger partial charge in [0.1, 0.15) is 6.54 Å². The van der Waals surface area contributed by atoms with Crippen LogP contribution in [0.5, 0.6) is 0 Å². The molecule has 2 unspecified atom stereocenters. The maximum atomic E-state index is 12.7. The molecule has 2 atom stereocenters. The Labute approximate surface area is 145 Å². The lowest BCUT2D eigenvalue weighted by Crippen LogP contribution is -2.30. The standard InChI is InChI=1S/C18H19N5O2/c1-12-3-5-13(6-4-12)17-14(11-16(24)22(17)2)18(25)20-15-7-9-23(21-15)10-8-19/h3-7,9,14,17H,10-11H2,1-2H3,(H,20,21,25). The van der Waals surface area contributed by atoms with Crippen molar-refractivity contribution >= 4 is 17.6 Å². The van der Waals surface area contributed by atoms with E-state index in [0.717, 1.165) is 11.1 Å². The fourth-order valence-corrected chi connectivity index (χ4v) is 3.13. The van der Waals surface area contributed by atoms with E-state index < -0.39 is 5.92 Å². The third-order valence-corrected chi connectivity index (χ3v) is 4.47. The molecule has 3 rings (SSSR count). The van der Waals surface area contributed by atoms with E-state index in [1.165, 1.54) is 4.68 Å². The Bertz CT molecular complexity index is 834. The minimum absolute atomic E-state index is 0.0549. The van der Waals surface area contributed by atoms with Gasteiger partial charge in [0.15, 0.2) is 5.82 Å². The molecule has 1 saturated heterocycles. The molecule has 0 aliphatic carbocycles. The topological polar surface area (TPSA) is 91.0 Å².